The normalized spacial score (nSPS) is 19.1. The Morgan fingerprint density at radius 3 is 2.37 bits per heavy atom. The van der Waals surface area contributed by atoms with E-state index < -0.39 is 17.9 Å². The molecule has 156 valence electrons. The van der Waals surface area contributed by atoms with Crippen LogP contribution >= 0.6 is 0 Å². The lowest BCUT2D eigenvalue weighted by atomic mass is 10.0. The first-order valence-corrected chi connectivity index (χ1v) is 10.6. The fourth-order valence-corrected chi connectivity index (χ4v) is 4.12. The largest absolute Gasteiger partial charge is 0.509 e. The second-order valence-corrected chi connectivity index (χ2v) is 7.97. The van der Waals surface area contributed by atoms with Crippen molar-refractivity contribution in [1.82, 2.24) is 5.32 Å². The van der Waals surface area contributed by atoms with Gasteiger partial charge in [0.2, 0.25) is 0 Å². The number of nitrogens with one attached hydrogen (secondary N) is 3. The number of amides is 2. The number of anilines is 2. The Balaban J connectivity index is 1.36. The fraction of sp³-hybridized carbons (Fsp3) is 0.333. The summed E-state index contributed by atoms with van der Waals surface area (Å²) in [5.74, 6) is -1.32. The van der Waals surface area contributed by atoms with Crippen molar-refractivity contribution in [3.8, 4) is 0 Å². The van der Waals surface area contributed by atoms with Crippen LogP contribution in [0.1, 0.15) is 37.7 Å². The van der Waals surface area contributed by atoms with Gasteiger partial charge in [-0.25, -0.2) is 0 Å². The first kappa shape index (κ1) is 20.0. The lowest BCUT2D eigenvalue weighted by molar-refractivity contribution is -0.120. The zero-order valence-electron chi connectivity index (χ0n) is 16.9. The van der Waals surface area contributed by atoms with Crippen molar-refractivity contribution in [3.63, 3.8) is 0 Å². The Labute approximate surface area is 176 Å². The molecule has 0 spiro atoms. The van der Waals surface area contributed by atoms with Crippen LogP contribution in [0.5, 0.6) is 0 Å². The third-order valence-electron chi connectivity index (χ3n) is 5.78. The Morgan fingerprint density at radius 1 is 1.00 bits per heavy atom. The van der Waals surface area contributed by atoms with Gasteiger partial charge in [-0.1, -0.05) is 43.2 Å². The molecule has 2 aliphatic rings. The molecule has 0 aromatic heterocycles. The molecule has 1 unspecified atom stereocenters. The molecule has 1 fully saturated rings. The van der Waals surface area contributed by atoms with E-state index in [2.05, 4.69) is 16.0 Å². The summed E-state index contributed by atoms with van der Waals surface area (Å²) in [6.45, 7) is 0. The predicted molar refractivity (Wildman–Crippen MR) is 117 cm³/mol. The number of aliphatic hydroxyl groups excluding tert-OH is 1. The molecule has 6 heteroatoms. The molecule has 1 aliphatic heterocycles. The van der Waals surface area contributed by atoms with Gasteiger partial charge < -0.3 is 21.1 Å². The molecule has 6 nitrogen and oxygen atoms in total. The van der Waals surface area contributed by atoms with Crippen LogP contribution in [0.3, 0.4) is 0 Å². The van der Waals surface area contributed by atoms with Crippen LogP contribution in [0.4, 0.5) is 11.4 Å². The second-order valence-electron chi connectivity index (χ2n) is 7.97. The molecule has 30 heavy (non-hydrogen) atoms. The first-order valence-electron chi connectivity index (χ1n) is 10.6. The second kappa shape index (κ2) is 9.03. The van der Waals surface area contributed by atoms with E-state index >= 15 is 0 Å². The SMILES string of the molecule is O=C(Nc1ccc(NC2CCCC2)cc1)C1=C(O)C(CCc2ccccc2)NC1=O. The Bertz CT molecular complexity index is 932. The minimum Gasteiger partial charge on any atom is -0.509 e. The van der Waals surface area contributed by atoms with E-state index in [-0.39, 0.29) is 11.3 Å². The molecule has 0 bridgehead atoms. The van der Waals surface area contributed by atoms with Gasteiger partial charge in [-0.3, -0.25) is 9.59 Å². The van der Waals surface area contributed by atoms with Crippen molar-refractivity contribution in [1.29, 1.82) is 0 Å². The van der Waals surface area contributed by atoms with Crippen LogP contribution in [0.15, 0.2) is 65.9 Å². The van der Waals surface area contributed by atoms with Crippen molar-refractivity contribution in [2.45, 2.75) is 50.6 Å². The molecule has 1 aliphatic carbocycles. The Morgan fingerprint density at radius 2 is 1.67 bits per heavy atom. The highest BCUT2D eigenvalue weighted by Gasteiger charge is 2.35. The summed E-state index contributed by atoms with van der Waals surface area (Å²) < 4.78 is 0. The Hall–Kier alpha value is -3.28. The van der Waals surface area contributed by atoms with Crippen LogP contribution in [0.25, 0.3) is 0 Å². The summed E-state index contributed by atoms with van der Waals surface area (Å²) in [6.07, 6.45) is 6.12. The molecule has 1 atom stereocenters. The number of rotatable bonds is 7. The number of aliphatic hydroxyl groups is 1. The Kier molecular flexibility index (Phi) is 6.02. The minimum atomic E-state index is -0.594. The minimum absolute atomic E-state index is 0.187. The molecule has 2 amide bonds. The van der Waals surface area contributed by atoms with Gasteiger partial charge in [-0.15, -0.1) is 0 Å². The number of carbonyl (C=O) groups is 2. The molecule has 4 rings (SSSR count). The molecule has 1 saturated carbocycles. The molecule has 4 N–H and O–H groups in total. The lowest BCUT2D eigenvalue weighted by Gasteiger charge is -2.14. The zero-order valence-corrected chi connectivity index (χ0v) is 16.9. The fourth-order valence-electron chi connectivity index (χ4n) is 4.12. The topological polar surface area (TPSA) is 90.5 Å². The zero-order chi connectivity index (χ0) is 20.9. The number of benzene rings is 2. The summed E-state index contributed by atoms with van der Waals surface area (Å²) in [7, 11) is 0. The lowest BCUT2D eigenvalue weighted by Crippen LogP contribution is -2.30. The van der Waals surface area contributed by atoms with Crippen LogP contribution < -0.4 is 16.0 Å². The maximum absolute atomic E-state index is 12.6. The third-order valence-corrected chi connectivity index (χ3v) is 5.78. The van der Waals surface area contributed by atoms with Gasteiger partial charge in [-0.05, 0) is 55.5 Å². The van der Waals surface area contributed by atoms with Crippen molar-refractivity contribution in [2.75, 3.05) is 10.6 Å². The highest BCUT2D eigenvalue weighted by atomic mass is 16.3. The highest BCUT2D eigenvalue weighted by molar-refractivity contribution is 6.24. The smallest absolute Gasteiger partial charge is 0.264 e. The van der Waals surface area contributed by atoms with Crippen LogP contribution in [-0.4, -0.2) is 29.0 Å². The van der Waals surface area contributed by atoms with Crippen molar-refractivity contribution in [3.05, 3.63) is 71.5 Å². The predicted octanol–water partition coefficient (Wildman–Crippen LogP) is 3.92. The molecule has 0 radical (unpaired) electrons. The van der Waals surface area contributed by atoms with E-state index in [1.54, 1.807) is 12.1 Å². The maximum Gasteiger partial charge on any atom is 0.264 e. The summed E-state index contributed by atoms with van der Waals surface area (Å²) in [5, 5.41) is 19.4. The van der Waals surface area contributed by atoms with Crippen LogP contribution in [0, 0.1) is 0 Å². The number of hydrogen-bond acceptors (Lipinski definition) is 4. The summed E-state index contributed by atoms with van der Waals surface area (Å²) in [5.41, 5.74) is 2.50. The first-order chi connectivity index (χ1) is 14.6. The molecular weight excluding hydrogens is 378 g/mol. The van der Waals surface area contributed by atoms with E-state index in [4.69, 9.17) is 0 Å². The van der Waals surface area contributed by atoms with E-state index in [0.29, 0.717) is 24.6 Å². The molecule has 1 heterocycles. The standard InChI is InChI=1S/C24H27N3O3/c28-22-20(15-10-16-6-2-1-3-7-16)27-24(30)21(22)23(29)26-19-13-11-18(12-14-19)25-17-8-4-5-9-17/h1-3,6-7,11-14,17,20,25,28H,4-5,8-10,15H2,(H,26,29)(H,27,30). The monoisotopic (exact) mass is 405 g/mol. The van der Waals surface area contributed by atoms with Gasteiger partial charge in [0.15, 0.2) is 0 Å². The number of carbonyl (C=O) groups excluding carboxylic acids is 2. The van der Waals surface area contributed by atoms with Gasteiger partial charge >= 0.3 is 0 Å². The van der Waals surface area contributed by atoms with Gasteiger partial charge in [0.1, 0.15) is 11.3 Å². The quantitative estimate of drug-likeness (QED) is 0.526. The number of hydrogen-bond donors (Lipinski definition) is 4. The average molecular weight is 405 g/mol. The van der Waals surface area contributed by atoms with E-state index in [1.165, 1.54) is 25.7 Å². The van der Waals surface area contributed by atoms with Gasteiger partial charge in [0.05, 0.1) is 6.04 Å². The average Bonchev–Trinajstić information content (AvgIpc) is 3.36. The maximum atomic E-state index is 12.6. The molecule has 2 aromatic rings. The highest BCUT2D eigenvalue weighted by Crippen LogP contribution is 2.24. The van der Waals surface area contributed by atoms with Gasteiger partial charge in [0.25, 0.3) is 11.8 Å². The summed E-state index contributed by atoms with van der Waals surface area (Å²) >= 11 is 0. The van der Waals surface area contributed by atoms with E-state index in [0.717, 1.165) is 11.3 Å². The van der Waals surface area contributed by atoms with Gasteiger partial charge in [0, 0.05) is 17.4 Å². The van der Waals surface area contributed by atoms with E-state index in [9.17, 15) is 14.7 Å². The third kappa shape index (κ3) is 4.64. The van der Waals surface area contributed by atoms with Crippen molar-refractivity contribution < 1.29 is 14.7 Å². The van der Waals surface area contributed by atoms with E-state index in [1.807, 2.05) is 42.5 Å². The summed E-state index contributed by atoms with van der Waals surface area (Å²) in [4.78, 5) is 24.9. The van der Waals surface area contributed by atoms with Gasteiger partial charge in [-0.2, -0.15) is 0 Å². The van der Waals surface area contributed by atoms with Crippen molar-refractivity contribution >= 4 is 23.2 Å². The molecule has 0 saturated heterocycles. The molecule has 2 aromatic carbocycles. The summed E-state index contributed by atoms with van der Waals surface area (Å²) in [6, 6.07) is 17.2. The van der Waals surface area contributed by atoms with Crippen LogP contribution in [0.2, 0.25) is 0 Å². The van der Waals surface area contributed by atoms with Crippen LogP contribution in [-0.2, 0) is 16.0 Å². The molecular formula is C24H27N3O3. The van der Waals surface area contributed by atoms with Crippen molar-refractivity contribution in [2.24, 2.45) is 0 Å². The number of aryl methyl sites for hydroxylation is 1.